The monoisotopic (exact) mass is 233 g/mol. The summed E-state index contributed by atoms with van der Waals surface area (Å²) < 4.78 is 18.4. The molecule has 0 heterocycles. The van der Waals surface area contributed by atoms with E-state index < -0.39 is 0 Å². The van der Waals surface area contributed by atoms with Crippen molar-refractivity contribution in [2.45, 2.75) is 26.3 Å². The van der Waals surface area contributed by atoms with Crippen LogP contribution < -0.4 is 10.5 Å². The van der Waals surface area contributed by atoms with Crippen LogP contribution in [-0.2, 0) is 6.42 Å². The van der Waals surface area contributed by atoms with Crippen LogP contribution in [0.2, 0.25) is 0 Å². The largest absolute Gasteiger partial charge is 0.496 e. The normalized spacial score (nSPS) is 11.8. The average molecular weight is 234 g/mol. The lowest BCUT2D eigenvalue weighted by Gasteiger charge is -2.12. The first-order chi connectivity index (χ1) is 6.54. The number of hydrogen-bond donors (Lipinski definition) is 1. The number of rotatable bonds is 3. The van der Waals surface area contributed by atoms with Crippen LogP contribution in [0, 0.1) is 12.7 Å². The van der Waals surface area contributed by atoms with Crippen molar-refractivity contribution < 1.29 is 9.13 Å². The molecule has 0 aliphatic carbocycles. The van der Waals surface area contributed by atoms with Crippen molar-refractivity contribution in [2.24, 2.45) is 5.73 Å². The average Bonchev–Trinajstić information content (AvgIpc) is 2.10. The Kier molecular flexibility index (Phi) is 5.61. The molecule has 0 spiro atoms. The molecule has 0 aliphatic heterocycles. The van der Waals surface area contributed by atoms with E-state index in [9.17, 15) is 4.39 Å². The molecule has 15 heavy (non-hydrogen) atoms. The van der Waals surface area contributed by atoms with Gasteiger partial charge in [-0.1, -0.05) is 0 Å². The third-order valence-corrected chi connectivity index (χ3v) is 2.10. The summed E-state index contributed by atoms with van der Waals surface area (Å²) in [6.07, 6.45) is 0.625. The molecule has 2 N–H and O–H groups in total. The molecule has 86 valence electrons. The van der Waals surface area contributed by atoms with Gasteiger partial charge in [0.15, 0.2) is 0 Å². The SMILES string of the molecule is COc1cc(C)c(F)cc1CC(C)N.Cl. The topological polar surface area (TPSA) is 35.2 Å². The van der Waals surface area contributed by atoms with E-state index in [2.05, 4.69) is 0 Å². The molecule has 4 heteroatoms. The van der Waals surface area contributed by atoms with Crippen molar-refractivity contribution in [3.63, 3.8) is 0 Å². The van der Waals surface area contributed by atoms with Gasteiger partial charge in [-0.05, 0) is 43.5 Å². The van der Waals surface area contributed by atoms with Gasteiger partial charge in [0.25, 0.3) is 0 Å². The highest BCUT2D eigenvalue weighted by atomic mass is 35.5. The van der Waals surface area contributed by atoms with Crippen LogP contribution in [0.4, 0.5) is 4.39 Å². The first kappa shape index (κ1) is 14.2. The molecule has 1 aromatic rings. The number of benzene rings is 1. The third-order valence-electron chi connectivity index (χ3n) is 2.10. The zero-order valence-corrected chi connectivity index (χ0v) is 10.0. The molecule has 0 radical (unpaired) electrons. The minimum absolute atomic E-state index is 0. The number of ether oxygens (including phenoxy) is 1. The van der Waals surface area contributed by atoms with Gasteiger partial charge in [-0.25, -0.2) is 4.39 Å². The molecule has 1 unspecified atom stereocenters. The van der Waals surface area contributed by atoms with Gasteiger partial charge in [0, 0.05) is 6.04 Å². The van der Waals surface area contributed by atoms with Crippen molar-refractivity contribution in [1.82, 2.24) is 0 Å². The maximum absolute atomic E-state index is 13.2. The van der Waals surface area contributed by atoms with E-state index in [0.29, 0.717) is 17.7 Å². The quantitative estimate of drug-likeness (QED) is 0.871. The van der Waals surface area contributed by atoms with E-state index in [1.807, 2.05) is 6.92 Å². The van der Waals surface area contributed by atoms with Gasteiger partial charge in [-0.15, -0.1) is 12.4 Å². The predicted octanol–water partition coefficient (Wildman–Crippen LogP) is 2.45. The van der Waals surface area contributed by atoms with Crippen molar-refractivity contribution in [1.29, 1.82) is 0 Å². The van der Waals surface area contributed by atoms with Crippen LogP contribution in [-0.4, -0.2) is 13.2 Å². The second-order valence-electron chi connectivity index (χ2n) is 3.59. The second kappa shape index (κ2) is 5.93. The fraction of sp³-hybridized carbons (Fsp3) is 0.455. The molecule has 0 bridgehead atoms. The highest BCUT2D eigenvalue weighted by molar-refractivity contribution is 5.85. The zero-order chi connectivity index (χ0) is 10.7. The smallest absolute Gasteiger partial charge is 0.126 e. The fourth-order valence-electron chi connectivity index (χ4n) is 1.39. The van der Waals surface area contributed by atoms with Gasteiger partial charge in [0.1, 0.15) is 11.6 Å². The summed E-state index contributed by atoms with van der Waals surface area (Å²) in [4.78, 5) is 0. The molecule has 0 aliphatic rings. The van der Waals surface area contributed by atoms with Crippen molar-refractivity contribution in [3.05, 3.63) is 29.1 Å². The first-order valence-electron chi connectivity index (χ1n) is 4.63. The number of hydrogen-bond acceptors (Lipinski definition) is 2. The minimum Gasteiger partial charge on any atom is -0.496 e. The van der Waals surface area contributed by atoms with Crippen molar-refractivity contribution >= 4 is 12.4 Å². The summed E-state index contributed by atoms with van der Waals surface area (Å²) in [7, 11) is 1.58. The molecule has 0 saturated heterocycles. The van der Waals surface area contributed by atoms with Crippen LogP contribution in [0.25, 0.3) is 0 Å². The molecule has 0 saturated carbocycles. The first-order valence-corrected chi connectivity index (χ1v) is 4.63. The fourth-order valence-corrected chi connectivity index (χ4v) is 1.39. The lowest BCUT2D eigenvalue weighted by Crippen LogP contribution is -2.18. The van der Waals surface area contributed by atoms with E-state index in [-0.39, 0.29) is 24.3 Å². The van der Waals surface area contributed by atoms with Gasteiger partial charge in [-0.3, -0.25) is 0 Å². The minimum atomic E-state index is -0.207. The summed E-state index contributed by atoms with van der Waals surface area (Å²) in [6.45, 7) is 3.60. The molecule has 1 atom stereocenters. The summed E-state index contributed by atoms with van der Waals surface area (Å²) in [5.41, 5.74) is 7.08. The Morgan fingerprint density at radius 3 is 2.53 bits per heavy atom. The van der Waals surface area contributed by atoms with Crippen LogP contribution in [0.1, 0.15) is 18.1 Å². The summed E-state index contributed by atoms with van der Waals surface area (Å²) in [5.74, 6) is 0.502. The van der Waals surface area contributed by atoms with Gasteiger partial charge in [0.2, 0.25) is 0 Å². The predicted molar refractivity (Wildman–Crippen MR) is 62.3 cm³/mol. The van der Waals surface area contributed by atoms with E-state index in [4.69, 9.17) is 10.5 Å². The van der Waals surface area contributed by atoms with Gasteiger partial charge >= 0.3 is 0 Å². The summed E-state index contributed by atoms with van der Waals surface area (Å²) in [6, 6.07) is 3.20. The van der Waals surface area contributed by atoms with Crippen LogP contribution in [0.3, 0.4) is 0 Å². The number of methoxy groups -OCH3 is 1. The van der Waals surface area contributed by atoms with Crippen LogP contribution >= 0.6 is 12.4 Å². The van der Waals surface area contributed by atoms with E-state index in [1.54, 1.807) is 20.1 Å². The Hall–Kier alpha value is -0.800. The molecule has 0 fully saturated rings. The maximum atomic E-state index is 13.2. The molecule has 0 amide bonds. The van der Waals surface area contributed by atoms with Crippen molar-refractivity contribution in [3.8, 4) is 5.75 Å². The Bertz CT molecular complexity index is 329. The lowest BCUT2D eigenvalue weighted by atomic mass is 10.0. The molecular formula is C11H17ClFNO. The van der Waals surface area contributed by atoms with Gasteiger partial charge in [-0.2, -0.15) is 0 Å². The third kappa shape index (κ3) is 3.68. The Morgan fingerprint density at radius 1 is 1.47 bits per heavy atom. The summed E-state index contributed by atoms with van der Waals surface area (Å²) >= 11 is 0. The number of aryl methyl sites for hydroxylation is 1. The highest BCUT2D eigenvalue weighted by Crippen LogP contribution is 2.23. The van der Waals surface area contributed by atoms with E-state index in [1.165, 1.54) is 6.07 Å². The maximum Gasteiger partial charge on any atom is 0.126 e. The molecule has 0 aromatic heterocycles. The molecule has 1 aromatic carbocycles. The van der Waals surface area contributed by atoms with Gasteiger partial charge < -0.3 is 10.5 Å². The van der Waals surface area contributed by atoms with Crippen molar-refractivity contribution in [2.75, 3.05) is 7.11 Å². The lowest BCUT2D eigenvalue weighted by molar-refractivity contribution is 0.406. The highest BCUT2D eigenvalue weighted by Gasteiger charge is 2.09. The molecule has 1 rings (SSSR count). The molecule has 2 nitrogen and oxygen atoms in total. The standard InChI is InChI=1S/C11H16FNO.ClH/c1-7-4-11(14-3)9(5-8(2)13)6-10(7)12;/h4,6,8H,5,13H2,1-3H3;1H. The Balaban J connectivity index is 0.00000196. The number of halogens is 2. The Labute approximate surface area is 96.0 Å². The number of nitrogens with two attached hydrogens (primary N) is 1. The Morgan fingerprint density at radius 2 is 2.07 bits per heavy atom. The van der Waals surface area contributed by atoms with E-state index >= 15 is 0 Å². The van der Waals surface area contributed by atoms with Gasteiger partial charge in [0.05, 0.1) is 7.11 Å². The second-order valence-corrected chi connectivity index (χ2v) is 3.59. The molecular weight excluding hydrogens is 217 g/mol. The zero-order valence-electron chi connectivity index (χ0n) is 9.21. The summed E-state index contributed by atoms with van der Waals surface area (Å²) in [5, 5.41) is 0. The van der Waals surface area contributed by atoms with Crippen LogP contribution in [0.15, 0.2) is 12.1 Å². The van der Waals surface area contributed by atoms with Crippen LogP contribution in [0.5, 0.6) is 5.75 Å². The van der Waals surface area contributed by atoms with E-state index in [0.717, 1.165) is 5.56 Å².